The molecule has 0 aliphatic carbocycles. The van der Waals surface area contributed by atoms with E-state index in [-0.39, 0.29) is 35.6 Å². The van der Waals surface area contributed by atoms with Gasteiger partial charge in [0.1, 0.15) is 22.4 Å². The van der Waals surface area contributed by atoms with Crippen LogP contribution in [0.1, 0.15) is 28.4 Å². The Morgan fingerprint density at radius 3 is 2.56 bits per heavy atom. The first kappa shape index (κ1) is 21.3. The third kappa shape index (κ3) is 3.24. The Morgan fingerprint density at radius 2 is 1.94 bits per heavy atom. The number of aromatic nitrogens is 2. The Bertz CT molecular complexity index is 1320. The molecule has 0 bridgehead atoms. The molecule has 3 aromatic rings. The van der Waals surface area contributed by atoms with Gasteiger partial charge in [0, 0.05) is 32.3 Å². The van der Waals surface area contributed by atoms with Gasteiger partial charge in [0.05, 0.1) is 6.54 Å². The molecule has 2 aromatic heterocycles. The van der Waals surface area contributed by atoms with E-state index in [0.29, 0.717) is 5.56 Å². The van der Waals surface area contributed by atoms with Gasteiger partial charge >= 0.3 is 0 Å². The van der Waals surface area contributed by atoms with Crippen LogP contribution in [-0.2, 0) is 17.8 Å². The van der Waals surface area contributed by atoms with Gasteiger partial charge in [-0.05, 0) is 24.6 Å². The molecule has 166 valence electrons. The van der Waals surface area contributed by atoms with E-state index in [1.165, 1.54) is 43.9 Å². The zero-order valence-electron chi connectivity index (χ0n) is 17.7. The lowest BCUT2D eigenvalue weighted by molar-refractivity contribution is -0.136. The normalized spacial score (nSPS) is 17.0. The number of rotatable bonds is 4. The molecule has 0 saturated carbocycles. The molecular weight excluding hydrogens is 419 g/mol. The highest BCUT2D eigenvalue weighted by Gasteiger charge is 2.42. The van der Waals surface area contributed by atoms with Crippen molar-refractivity contribution in [1.82, 2.24) is 20.2 Å². The largest absolute Gasteiger partial charge is 0.505 e. The molecule has 1 aromatic carbocycles. The number of pyridine rings is 2. The number of benzene rings is 1. The smallest absolute Gasteiger partial charge is 0.268 e. The van der Waals surface area contributed by atoms with Crippen molar-refractivity contribution in [2.24, 2.45) is 0 Å². The lowest BCUT2D eigenvalue weighted by Crippen LogP contribution is -2.54. The predicted molar refractivity (Wildman–Crippen MR) is 113 cm³/mol. The minimum absolute atomic E-state index is 0.0000118. The molecule has 0 unspecified atom stereocenters. The van der Waals surface area contributed by atoms with Gasteiger partial charge in [0.2, 0.25) is 5.60 Å². The van der Waals surface area contributed by atoms with Gasteiger partial charge < -0.3 is 20.5 Å². The number of hydrogen-bond acceptors (Lipinski definition) is 6. The van der Waals surface area contributed by atoms with E-state index in [0.717, 1.165) is 5.56 Å². The summed E-state index contributed by atoms with van der Waals surface area (Å²) < 4.78 is 20.7. The van der Waals surface area contributed by atoms with E-state index < -0.39 is 34.3 Å². The van der Waals surface area contributed by atoms with Crippen LogP contribution in [0.5, 0.6) is 11.5 Å². The molecule has 32 heavy (non-hydrogen) atoms. The number of carbonyl (C=O) groups is 2. The summed E-state index contributed by atoms with van der Waals surface area (Å²) in [5.74, 6) is -2.00. The van der Waals surface area contributed by atoms with Gasteiger partial charge in [-0.1, -0.05) is 12.1 Å². The van der Waals surface area contributed by atoms with Crippen LogP contribution >= 0.6 is 0 Å². The second-order valence-corrected chi connectivity index (χ2v) is 7.72. The maximum Gasteiger partial charge on any atom is 0.268 e. The molecule has 4 rings (SSSR count). The molecule has 10 heteroatoms. The topological polar surface area (TPSA) is 123 Å². The number of likely N-dealkylation sites (N-methyl/N-ethyl adjacent to an activating group) is 1. The lowest BCUT2D eigenvalue weighted by atomic mass is 9.98. The highest BCUT2D eigenvalue weighted by atomic mass is 19.1. The number of nitrogens with zero attached hydrogens (tertiary/aromatic N) is 2. The molecule has 0 fully saturated rings. The summed E-state index contributed by atoms with van der Waals surface area (Å²) >= 11 is 0. The molecule has 1 aliphatic heterocycles. The fourth-order valence-corrected chi connectivity index (χ4v) is 3.89. The van der Waals surface area contributed by atoms with Gasteiger partial charge in [0.15, 0.2) is 11.5 Å². The van der Waals surface area contributed by atoms with Crippen molar-refractivity contribution in [1.29, 1.82) is 0 Å². The summed E-state index contributed by atoms with van der Waals surface area (Å²) in [5, 5.41) is 15.5. The van der Waals surface area contributed by atoms with Gasteiger partial charge in [-0.3, -0.25) is 23.9 Å². The SMILES string of the molecule is CNC(=O)c1c(O)c2ncc(Cc3ccc(F)cc3)c3c2n(c1=O)C[C@](C)(C(=O)NC)O3. The lowest BCUT2D eigenvalue weighted by Gasteiger charge is -2.36. The molecule has 0 radical (unpaired) electrons. The maximum atomic E-state index is 13.3. The number of halogens is 1. The summed E-state index contributed by atoms with van der Waals surface area (Å²) in [4.78, 5) is 42.4. The first-order chi connectivity index (χ1) is 15.2. The van der Waals surface area contributed by atoms with Crippen molar-refractivity contribution >= 4 is 22.8 Å². The zero-order valence-corrected chi connectivity index (χ0v) is 17.7. The van der Waals surface area contributed by atoms with Crippen molar-refractivity contribution in [3.8, 4) is 11.5 Å². The van der Waals surface area contributed by atoms with Crippen molar-refractivity contribution in [2.45, 2.75) is 25.5 Å². The van der Waals surface area contributed by atoms with Crippen LogP contribution in [0.15, 0.2) is 35.3 Å². The number of ether oxygens (including phenoxy) is 1. The van der Waals surface area contributed by atoms with Crippen LogP contribution < -0.4 is 20.9 Å². The fourth-order valence-electron chi connectivity index (χ4n) is 3.89. The summed E-state index contributed by atoms with van der Waals surface area (Å²) in [7, 11) is 2.79. The Balaban J connectivity index is 2.01. The molecule has 3 N–H and O–H groups in total. The van der Waals surface area contributed by atoms with Crippen LogP contribution in [0.3, 0.4) is 0 Å². The first-order valence-electron chi connectivity index (χ1n) is 9.85. The maximum absolute atomic E-state index is 13.3. The molecular formula is C22H21FN4O5. The van der Waals surface area contributed by atoms with Crippen LogP contribution in [0.25, 0.3) is 11.0 Å². The summed E-state index contributed by atoms with van der Waals surface area (Å²) in [6.07, 6.45) is 1.72. The second-order valence-electron chi connectivity index (χ2n) is 7.72. The standard InChI is InChI=1S/C22H21FN4O5/c1-22(21(31)25-3)10-27-16-15(17(28)14(20(27)30)19(29)24-2)26-9-12(18(16)32-22)8-11-4-6-13(23)7-5-11/h4-7,9,28H,8,10H2,1-3H3,(H,24,29)(H,25,31)/t22-/m1/s1. The van der Waals surface area contributed by atoms with Crippen molar-refractivity contribution in [3.63, 3.8) is 0 Å². The summed E-state index contributed by atoms with van der Waals surface area (Å²) in [6.45, 7) is 1.34. The van der Waals surface area contributed by atoms with Gasteiger partial charge in [-0.15, -0.1) is 0 Å². The average Bonchev–Trinajstić information content (AvgIpc) is 2.78. The molecule has 0 saturated heterocycles. The Morgan fingerprint density at radius 1 is 1.25 bits per heavy atom. The number of carbonyl (C=O) groups excluding carboxylic acids is 2. The van der Waals surface area contributed by atoms with E-state index >= 15 is 0 Å². The van der Waals surface area contributed by atoms with Crippen molar-refractivity contribution in [2.75, 3.05) is 14.1 Å². The first-order valence-corrected chi connectivity index (χ1v) is 9.85. The number of nitrogens with one attached hydrogen (secondary N) is 2. The highest BCUT2D eigenvalue weighted by Crippen LogP contribution is 2.40. The monoisotopic (exact) mass is 440 g/mol. The number of amides is 2. The minimum atomic E-state index is -1.46. The van der Waals surface area contributed by atoms with E-state index in [2.05, 4.69) is 15.6 Å². The predicted octanol–water partition coefficient (Wildman–Crippen LogP) is 1.09. The highest BCUT2D eigenvalue weighted by molar-refractivity contribution is 6.02. The van der Waals surface area contributed by atoms with Crippen LogP contribution in [-0.4, -0.2) is 46.2 Å². The third-order valence-electron chi connectivity index (χ3n) is 5.53. The van der Waals surface area contributed by atoms with Gasteiger partial charge in [-0.25, -0.2) is 4.39 Å². The summed E-state index contributed by atoms with van der Waals surface area (Å²) in [6, 6.07) is 5.85. The van der Waals surface area contributed by atoms with Gasteiger partial charge in [0.25, 0.3) is 17.4 Å². The Kier molecular flexibility index (Phi) is 5.08. The van der Waals surface area contributed by atoms with Crippen molar-refractivity contribution in [3.05, 3.63) is 63.3 Å². The van der Waals surface area contributed by atoms with E-state index in [4.69, 9.17) is 4.74 Å². The molecule has 2 amide bonds. The fraction of sp³-hybridized carbons (Fsp3) is 0.273. The van der Waals surface area contributed by atoms with Crippen LogP contribution in [0.2, 0.25) is 0 Å². The van der Waals surface area contributed by atoms with E-state index in [1.54, 1.807) is 12.1 Å². The number of aromatic hydroxyl groups is 1. The number of hydrogen-bond donors (Lipinski definition) is 3. The molecule has 1 atom stereocenters. The minimum Gasteiger partial charge on any atom is -0.505 e. The molecule has 1 aliphatic rings. The van der Waals surface area contributed by atoms with E-state index in [9.17, 15) is 23.9 Å². The van der Waals surface area contributed by atoms with Crippen LogP contribution in [0, 0.1) is 5.82 Å². The zero-order chi connectivity index (χ0) is 23.2. The Labute approximate surface area is 181 Å². The van der Waals surface area contributed by atoms with E-state index in [1.807, 2.05) is 0 Å². The van der Waals surface area contributed by atoms with Crippen molar-refractivity contribution < 1.29 is 23.8 Å². The average molecular weight is 440 g/mol. The summed E-state index contributed by atoms with van der Waals surface area (Å²) in [5.41, 5.74) is -1.24. The van der Waals surface area contributed by atoms with Crippen LogP contribution in [0.4, 0.5) is 4.39 Å². The van der Waals surface area contributed by atoms with Gasteiger partial charge in [-0.2, -0.15) is 0 Å². The molecule has 0 spiro atoms. The second kappa shape index (κ2) is 7.63. The molecule has 9 nitrogen and oxygen atoms in total. The Hall–Kier alpha value is -3.95. The molecule has 3 heterocycles. The quantitative estimate of drug-likeness (QED) is 0.558. The third-order valence-corrected chi connectivity index (χ3v) is 5.53.